The third-order valence-corrected chi connectivity index (χ3v) is 4.80. The average molecular weight is 317 g/mol. The number of fused-ring (bicyclic) bond motifs is 1. The molecule has 7 heteroatoms. The highest BCUT2D eigenvalue weighted by atomic mass is 32.2. The van der Waals surface area contributed by atoms with Crippen molar-refractivity contribution in [2.45, 2.75) is 18.2 Å². The zero-order valence-corrected chi connectivity index (χ0v) is 12.7. The second-order valence-corrected chi connectivity index (χ2v) is 6.59. The van der Waals surface area contributed by atoms with Crippen molar-refractivity contribution in [3.63, 3.8) is 0 Å². The highest BCUT2D eigenvalue weighted by molar-refractivity contribution is 7.92. The molecule has 0 unspecified atom stereocenters. The third kappa shape index (κ3) is 2.62. The molecule has 0 aliphatic rings. The maximum absolute atomic E-state index is 12.5. The maximum Gasteiger partial charge on any atom is 0.323 e. The number of sulfonamides is 1. The van der Waals surface area contributed by atoms with Gasteiger partial charge < -0.3 is 9.97 Å². The summed E-state index contributed by atoms with van der Waals surface area (Å²) in [4.78, 5) is 16.5. The second-order valence-electron chi connectivity index (χ2n) is 4.90. The Morgan fingerprint density at radius 1 is 1.05 bits per heavy atom. The molecular formula is C15H15N3O3S. The van der Waals surface area contributed by atoms with Crippen LogP contribution in [-0.2, 0) is 16.4 Å². The Kier molecular flexibility index (Phi) is 3.50. The van der Waals surface area contributed by atoms with E-state index in [1.807, 2.05) is 19.1 Å². The van der Waals surface area contributed by atoms with Crippen molar-refractivity contribution in [2.24, 2.45) is 0 Å². The van der Waals surface area contributed by atoms with Crippen LogP contribution in [0.25, 0.3) is 11.0 Å². The topological polar surface area (TPSA) is 94.8 Å². The molecular weight excluding hydrogens is 302 g/mol. The van der Waals surface area contributed by atoms with Gasteiger partial charge in [0.2, 0.25) is 0 Å². The number of rotatable bonds is 4. The van der Waals surface area contributed by atoms with Gasteiger partial charge in [-0.05, 0) is 36.2 Å². The molecule has 0 aliphatic carbocycles. The van der Waals surface area contributed by atoms with Crippen molar-refractivity contribution in [1.82, 2.24) is 9.97 Å². The molecule has 3 rings (SSSR count). The zero-order chi connectivity index (χ0) is 15.7. The van der Waals surface area contributed by atoms with Gasteiger partial charge in [-0.25, -0.2) is 13.2 Å². The van der Waals surface area contributed by atoms with Gasteiger partial charge in [-0.2, -0.15) is 0 Å². The number of aromatic amines is 2. The van der Waals surface area contributed by atoms with E-state index in [0.29, 0.717) is 16.7 Å². The Hall–Kier alpha value is -2.54. The number of aromatic nitrogens is 2. The first-order valence-electron chi connectivity index (χ1n) is 6.82. The van der Waals surface area contributed by atoms with E-state index in [9.17, 15) is 13.2 Å². The van der Waals surface area contributed by atoms with Crippen LogP contribution >= 0.6 is 0 Å². The fourth-order valence-corrected chi connectivity index (χ4v) is 3.44. The quantitative estimate of drug-likeness (QED) is 0.688. The monoisotopic (exact) mass is 317 g/mol. The summed E-state index contributed by atoms with van der Waals surface area (Å²) >= 11 is 0. The molecule has 3 N–H and O–H groups in total. The number of anilines is 1. The van der Waals surface area contributed by atoms with E-state index in [1.54, 1.807) is 18.2 Å². The van der Waals surface area contributed by atoms with Crippen LogP contribution in [0.1, 0.15) is 12.5 Å². The fourth-order valence-electron chi connectivity index (χ4n) is 2.31. The Labute approximate surface area is 127 Å². The van der Waals surface area contributed by atoms with Gasteiger partial charge >= 0.3 is 5.69 Å². The molecule has 0 saturated carbocycles. The van der Waals surface area contributed by atoms with E-state index in [-0.39, 0.29) is 10.6 Å². The average Bonchev–Trinajstić information content (AvgIpc) is 2.86. The van der Waals surface area contributed by atoms with Crippen LogP contribution in [0.5, 0.6) is 0 Å². The molecule has 22 heavy (non-hydrogen) atoms. The minimum atomic E-state index is -3.71. The van der Waals surface area contributed by atoms with Gasteiger partial charge in [-0.1, -0.05) is 25.1 Å². The van der Waals surface area contributed by atoms with Gasteiger partial charge in [0.15, 0.2) is 0 Å². The SMILES string of the molecule is CCc1ccccc1NS(=O)(=O)c1ccc2[nH]c(=O)[nH]c2c1. The number of imidazole rings is 1. The number of aryl methyl sites for hydroxylation is 1. The first-order valence-corrected chi connectivity index (χ1v) is 8.30. The zero-order valence-electron chi connectivity index (χ0n) is 11.9. The van der Waals surface area contributed by atoms with Gasteiger partial charge in [-0.3, -0.25) is 4.72 Å². The number of hydrogen-bond donors (Lipinski definition) is 3. The van der Waals surface area contributed by atoms with Crippen LogP contribution in [0.15, 0.2) is 52.2 Å². The number of nitrogens with one attached hydrogen (secondary N) is 3. The number of H-pyrrole nitrogens is 2. The standard InChI is InChI=1S/C15H15N3O3S/c1-2-10-5-3-4-6-12(10)18-22(20,21)11-7-8-13-14(9-11)17-15(19)16-13/h3-9,18H,2H2,1H3,(H2,16,17,19). The smallest absolute Gasteiger partial charge is 0.306 e. The van der Waals surface area contributed by atoms with Gasteiger partial charge in [0.1, 0.15) is 0 Å². The Balaban J connectivity index is 2.02. The molecule has 0 spiro atoms. The summed E-state index contributed by atoms with van der Waals surface area (Å²) in [5.74, 6) is 0. The van der Waals surface area contributed by atoms with E-state index in [4.69, 9.17) is 0 Å². The minimum absolute atomic E-state index is 0.0983. The lowest BCUT2D eigenvalue weighted by atomic mass is 10.1. The molecule has 0 bridgehead atoms. The molecule has 1 aromatic heterocycles. The summed E-state index contributed by atoms with van der Waals surface area (Å²) in [6.07, 6.45) is 0.725. The molecule has 0 radical (unpaired) electrons. The Morgan fingerprint density at radius 2 is 1.77 bits per heavy atom. The van der Waals surface area contributed by atoms with Gasteiger partial charge in [0.05, 0.1) is 21.6 Å². The summed E-state index contributed by atoms with van der Waals surface area (Å²) in [5.41, 5.74) is 2.14. The Morgan fingerprint density at radius 3 is 2.55 bits per heavy atom. The van der Waals surface area contributed by atoms with Gasteiger partial charge in [0.25, 0.3) is 10.0 Å². The predicted molar refractivity (Wildman–Crippen MR) is 85.5 cm³/mol. The molecule has 0 aliphatic heterocycles. The largest absolute Gasteiger partial charge is 0.323 e. The summed E-state index contributed by atoms with van der Waals surface area (Å²) in [6, 6.07) is 11.7. The maximum atomic E-state index is 12.5. The molecule has 0 atom stereocenters. The Bertz CT molecular complexity index is 986. The van der Waals surface area contributed by atoms with Crippen molar-refractivity contribution < 1.29 is 8.42 Å². The van der Waals surface area contributed by atoms with Crippen molar-refractivity contribution in [2.75, 3.05) is 4.72 Å². The fraction of sp³-hybridized carbons (Fsp3) is 0.133. The van der Waals surface area contributed by atoms with Crippen LogP contribution in [0.3, 0.4) is 0 Å². The second kappa shape index (κ2) is 5.34. The lowest BCUT2D eigenvalue weighted by molar-refractivity contribution is 0.601. The van der Waals surface area contributed by atoms with Crippen molar-refractivity contribution in [1.29, 1.82) is 0 Å². The number of hydrogen-bond acceptors (Lipinski definition) is 3. The lowest BCUT2D eigenvalue weighted by Gasteiger charge is -2.11. The minimum Gasteiger partial charge on any atom is -0.306 e. The summed E-state index contributed by atoms with van der Waals surface area (Å²) in [6.45, 7) is 1.96. The molecule has 114 valence electrons. The van der Waals surface area contributed by atoms with Crippen LogP contribution in [0.4, 0.5) is 5.69 Å². The molecule has 1 heterocycles. The van der Waals surface area contributed by atoms with Crippen LogP contribution < -0.4 is 10.4 Å². The molecule has 0 fully saturated rings. The third-order valence-electron chi connectivity index (χ3n) is 3.44. The molecule has 6 nitrogen and oxygen atoms in total. The van der Waals surface area contributed by atoms with Crippen molar-refractivity contribution in [3.8, 4) is 0 Å². The normalized spacial score (nSPS) is 11.7. The highest BCUT2D eigenvalue weighted by Gasteiger charge is 2.16. The van der Waals surface area contributed by atoms with E-state index < -0.39 is 10.0 Å². The first-order chi connectivity index (χ1) is 10.5. The van der Waals surface area contributed by atoms with Gasteiger partial charge in [0, 0.05) is 0 Å². The van der Waals surface area contributed by atoms with Gasteiger partial charge in [-0.15, -0.1) is 0 Å². The summed E-state index contributed by atoms with van der Waals surface area (Å²) < 4.78 is 27.6. The van der Waals surface area contributed by atoms with E-state index >= 15 is 0 Å². The van der Waals surface area contributed by atoms with Crippen molar-refractivity contribution >= 4 is 26.7 Å². The van der Waals surface area contributed by atoms with Crippen molar-refractivity contribution in [3.05, 3.63) is 58.5 Å². The molecule has 0 saturated heterocycles. The van der Waals surface area contributed by atoms with E-state index in [1.165, 1.54) is 12.1 Å². The lowest BCUT2D eigenvalue weighted by Crippen LogP contribution is -2.14. The van der Waals surface area contributed by atoms with Crippen LogP contribution in [-0.4, -0.2) is 18.4 Å². The first kappa shape index (κ1) is 14.4. The molecule has 2 aromatic carbocycles. The summed E-state index contributed by atoms with van der Waals surface area (Å²) in [7, 11) is -3.71. The van der Waals surface area contributed by atoms with Crippen LogP contribution in [0, 0.1) is 0 Å². The van der Waals surface area contributed by atoms with E-state index in [2.05, 4.69) is 14.7 Å². The number of benzene rings is 2. The summed E-state index contributed by atoms with van der Waals surface area (Å²) in [5, 5.41) is 0. The molecule has 0 amide bonds. The van der Waals surface area contributed by atoms with Crippen LogP contribution in [0.2, 0.25) is 0 Å². The highest BCUT2D eigenvalue weighted by Crippen LogP contribution is 2.22. The number of para-hydroxylation sites is 1. The van der Waals surface area contributed by atoms with E-state index in [0.717, 1.165) is 12.0 Å². The molecule has 3 aromatic rings. The predicted octanol–water partition coefficient (Wildman–Crippen LogP) is 2.22.